The molecule has 0 amide bonds. The molecule has 1 aromatic heterocycles. The van der Waals surface area contributed by atoms with Crippen molar-refractivity contribution in [1.82, 2.24) is 4.98 Å². The third-order valence-corrected chi connectivity index (χ3v) is 4.48. The maximum absolute atomic E-state index is 9.41. The zero-order valence-corrected chi connectivity index (χ0v) is 15.6. The topological polar surface area (TPSA) is 55.1 Å². The summed E-state index contributed by atoms with van der Waals surface area (Å²) < 4.78 is 12.1. The molecular formula is C17H17BrN2O2S. The van der Waals surface area contributed by atoms with E-state index in [1.807, 2.05) is 38.3 Å². The van der Waals surface area contributed by atoms with Crippen LogP contribution in [0.25, 0.3) is 11.6 Å². The van der Waals surface area contributed by atoms with Crippen LogP contribution in [0, 0.1) is 18.3 Å². The van der Waals surface area contributed by atoms with Crippen LogP contribution in [-0.4, -0.2) is 18.2 Å². The molecule has 1 heterocycles. The quantitative estimate of drug-likeness (QED) is 0.643. The Labute approximate surface area is 148 Å². The fraction of sp³-hybridized carbons (Fsp3) is 0.294. The van der Waals surface area contributed by atoms with Gasteiger partial charge in [-0.25, -0.2) is 4.98 Å². The van der Waals surface area contributed by atoms with Gasteiger partial charge in [0.25, 0.3) is 0 Å². The number of allylic oxidation sites excluding steroid dienone is 1. The summed E-state index contributed by atoms with van der Waals surface area (Å²) in [6, 6.07) is 5.99. The number of nitrogens with zero attached hydrogens (tertiary/aromatic N) is 2. The fourth-order valence-corrected chi connectivity index (χ4v) is 3.34. The largest absolute Gasteiger partial charge is 0.490 e. The van der Waals surface area contributed by atoms with Gasteiger partial charge in [0, 0.05) is 11.1 Å². The van der Waals surface area contributed by atoms with Gasteiger partial charge in [0.2, 0.25) is 0 Å². The van der Waals surface area contributed by atoms with Crippen LogP contribution in [0.4, 0.5) is 0 Å². The van der Waals surface area contributed by atoms with Gasteiger partial charge in [0.05, 0.1) is 23.3 Å². The molecule has 0 bridgehead atoms. The highest BCUT2D eigenvalue weighted by Gasteiger charge is 2.12. The summed E-state index contributed by atoms with van der Waals surface area (Å²) in [6.07, 6.45) is 1.81. The molecule has 0 aliphatic heterocycles. The van der Waals surface area contributed by atoms with Gasteiger partial charge in [-0.05, 0) is 60.5 Å². The van der Waals surface area contributed by atoms with Crippen molar-refractivity contribution >= 4 is 38.9 Å². The number of nitriles is 1. The van der Waals surface area contributed by atoms with E-state index in [-0.39, 0.29) is 0 Å². The maximum Gasteiger partial charge on any atom is 0.175 e. The van der Waals surface area contributed by atoms with Crippen LogP contribution in [0.1, 0.15) is 30.1 Å². The van der Waals surface area contributed by atoms with E-state index in [1.54, 1.807) is 6.08 Å². The molecule has 2 rings (SSSR count). The van der Waals surface area contributed by atoms with E-state index in [0.717, 1.165) is 15.7 Å². The average molecular weight is 393 g/mol. The summed E-state index contributed by atoms with van der Waals surface area (Å²) in [7, 11) is 0. The van der Waals surface area contributed by atoms with Crippen molar-refractivity contribution in [3.05, 3.63) is 38.3 Å². The standard InChI is InChI=1S/C17H17BrN2O2S/c1-4-21-15-8-12(7-14(18)16(15)22-5-2)6-13(9-19)17-20-11(3)10-23-17/h6-8,10H,4-5H2,1-3H3/b13-6-. The van der Waals surface area contributed by atoms with Gasteiger partial charge < -0.3 is 9.47 Å². The zero-order chi connectivity index (χ0) is 16.8. The number of hydrogen-bond donors (Lipinski definition) is 0. The maximum atomic E-state index is 9.41. The number of benzene rings is 1. The highest BCUT2D eigenvalue weighted by atomic mass is 79.9. The van der Waals surface area contributed by atoms with Crippen LogP contribution in [0.5, 0.6) is 11.5 Å². The summed E-state index contributed by atoms with van der Waals surface area (Å²) >= 11 is 4.97. The van der Waals surface area contributed by atoms with Crippen LogP contribution in [0.15, 0.2) is 22.0 Å². The first-order valence-corrected chi connectivity index (χ1v) is 8.89. The molecule has 23 heavy (non-hydrogen) atoms. The molecule has 0 saturated carbocycles. The highest BCUT2D eigenvalue weighted by molar-refractivity contribution is 9.10. The molecule has 4 nitrogen and oxygen atoms in total. The summed E-state index contributed by atoms with van der Waals surface area (Å²) in [5, 5.41) is 12.1. The van der Waals surface area contributed by atoms with E-state index in [1.165, 1.54) is 11.3 Å². The summed E-state index contributed by atoms with van der Waals surface area (Å²) in [6.45, 7) is 6.85. The van der Waals surface area contributed by atoms with Crippen molar-refractivity contribution in [3.63, 3.8) is 0 Å². The van der Waals surface area contributed by atoms with Crippen molar-refractivity contribution in [1.29, 1.82) is 5.26 Å². The molecule has 0 spiro atoms. The number of halogens is 1. The number of thiazole rings is 1. The van der Waals surface area contributed by atoms with Crippen LogP contribution in [-0.2, 0) is 0 Å². The lowest BCUT2D eigenvalue weighted by Crippen LogP contribution is -1.99. The molecule has 0 saturated heterocycles. The minimum Gasteiger partial charge on any atom is -0.490 e. The highest BCUT2D eigenvalue weighted by Crippen LogP contribution is 2.38. The molecule has 0 aliphatic carbocycles. The number of aromatic nitrogens is 1. The van der Waals surface area contributed by atoms with Crippen molar-refractivity contribution in [2.75, 3.05) is 13.2 Å². The zero-order valence-electron chi connectivity index (χ0n) is 13.2. The predicted octanol–water partition coefficient (Wildman–Crippen LogP) is 5.08. The van der Waals surface area contributed by atoms with Crippen LogP contribution < -0.4 is 9.47 Å². The van der Waals surface area contributed by atoms with E-state index in [0.29, 0.717) is 35.3 Å². The Bertz CT molecular complexity index is 762. The molecular weight excluding hydrogens is 376 g/mol. The SMILES string of the molecule is CCOc1cc(/C=C(/C#N)c2nc(C)cs2)cc(Br)c1OCC. The van der Waals surface area contributed by atoms with Gasteiger partial charge in [-0.15, -0.1) is 11.3 Å². The lowest BCUT2D eigenvalue weighted by atomic mass is 10.1. The lowest BCUT2D eigenvalue weighted by Gasteiger charge is -2.13. The summed E-state index contributed by atoms with van der Waals surface area (Å²) in [4.78, 5) is 4.37. The van der Waals surface area contributed by atoms with Crippen molar-refractivity contribution < 1.29 is 9.47 Å². The number of ether oxygens (including phenoxy) is 2. The second-order valence-electron chi connectivity index (χ2n) is 4.66. The molecule has 0 N–H and O–H groups in total. The Morgan fingerprint density at radius 2 is 2.09 bits per heavy atom. The van der Waals surface area contributed by atoms with Crippen LogP contribution >= 0.6 is 27.3 Å². The van der Waals surface area contributed by atoms with Crippen molar-refractivity contribution in [2.45, 2.75) is 20.8 Å². The molecule has 0 aliphatic rings. The second-order valence-corrected chi connectivity index (χ2v) is 6.37. The third-order valence-electron chi connectivity index (χ3n) is 2.90. The van der Waals surface area contributed by atoms with Gasteiger partial charge in [-0.3, -0.25) is 0 Å². The minimum atomic E-state index is 0.529. The van der Waals surface area contributed by atoms with Crippen LogP contribution in [0.2, 0.25) is 0 Å². The Morgan fingerprint density at radius 1 is 1.35 bits per heavy atom. The van der Waals surface area contributed by atoms with Gasteiger partial charge in [-0.1, -0.05) is 0 Å². The predicted molar refractivity (Wildman–Crippen MR) is 96.8 cm³/mol. The van der Waals surface area contributed by atoms with E-state index in [2.05, 4.69) is 27.0 Å². The molecule has 2 aromatic rings. The first-order valence-electron chi connectivity index (χ1n) is 7.22. The molecule has 0 atom stereocenters. The number of hydrogen-bond acceptors (Lipinski definition) is 5. The molecule has 6 heteroatoms. The summed E-state index contributed by atoms with van der Waals surface area (Å²) in [5.41, 5.74) is 2.30. The minimum absolute atomic E-state index is 0.529. The molecule has 0 radical (unpaired) electrons. The Kier molecular flexibility index (Phi) is 6.20. The van der Waals surface area contributed by atoms with E-state index in [9.17, 15) is 5.26 Å². The molecule has 0 fully saturated rings. The lowest BCUT2D eigenvalue weighted by molar-refractivity contribution is 0.286. The fourth-order valence-electron chi connectivity index (χ4n) is 2.00. The van der Waals surface area contributed by atoms with E-state index in [4.69, 9.17) is 9.47 Å². The van der Waals surface area contributed by atoms with Crippen molar-refractivity contribution in [3.8, 4) is 17.6 Å². The summed E-state index contributed by atoms with van der Waals surface area (Å²) in [5.74, 6) is 1.33. The first-order chi connectivity index (χ1) is 11.1. The smallest absolute Gasteiger partial charge is 0.175 e. The second kappa shape index (κ2) is 8.14. The van der Waals surface area contributed by atoms with Gasteiger partial charge >= 0.3 is 0 Å². The van der Waals surface area contributed by atoms with Gasteiger partial charge in [-0.2, -0.15) is 5.26 Å². The number of rotatable bonds is 6. The molecule has 0 unspecified atom stereocenters. The number of aryl methyl sites for hydroxylation is 1. The first kappa shape index (κ1) is 17.5. The Balaban J connectivity index is 2.46. The Hall–Kier alpha value is -1.84. The van der Waals surface area contributed by atoms with Gasteiger partial charge in [0.15, 0.2) is 11.5 Å². The van der Waals surface area contributed by atoms with E-state index < -0.39 is 0 Å². The van der Waals surface area contributed by atoms with E-state index >= 15 is 0 Å². The van der Waals surface area contributed by atoms with Crippen LogP contribution in [0.3, 0.4) is 0 Å². The third kappa shape index (κ3) is 4.34. The molecule has 120 valence electrons. The molecule has 1 aromatic carbocycles. The Morgan fingerprint density at radius 3 is 2.65 bits per heavy atom. The monoisotopic (exact) mass is 392 g/mol. The van der Waals surface area contributed by atoms with Gasteiger partial charge in [0.1, 0.15) is 11.1 Å². The normalized spacial score (nSPS) is 11.2. The average Bonchev–Trinajstić information content (AvgIpc) is 2.95. The van der Waals surface area contributed by atoms with Crippen molar-refractivity contribution in [2.24, 2.45) is 0 Å².